The molecule has 0 bridgehead atoms. The van der Waals surface area contributed by atoms with Crippen molar-refractivity contribution in [3.05, 3.63) is 34.3 Å². The van der Waals surface area contributed by atoms with Gasteiger partial charge in [0.2, 0.25) is 0 Å². The molecule has 3 heteroatoms. The molecule has 2 N–H and O–H groups in total. The smallest absolute Gasteiger partial charge is 0.170 e. The molecule has 1 aromatic rings. The Bertz CT molecular complexity index is 444. The van der Waals surface area contributed by atoms with E-state index in [0.29, 0.717) is 10.6 Å². The van der Waals surface area contributed by atoms with Crippen LogP contribution in [-0.4, -0.2) is 11.3 Å². The first kappa shape index (κ1) is 14.2. The van der Waals surface area contributed by atoms with E-state index in [1.165, 1.54) is 0 Å². The fourth-order valence-corrected chi connectivity index (χ4v) is 1.57. The number of rotatable bonds is 3. The molecule has 0 amide bonds. The van der Waals surface area contributed by atoms with Crippen molar-refractivity contribution in [3.8, 4) is 0 Å². The van der Waals surface area contributed by atoms with E-state index in [-0.39, 0.29) is 5.78 Å². The summed E-state index contributed by atoms with van der Waals surface area (Å²) >= 11 is 6.04. The summed E-state index contributed by atoms with van der Waals surface area (Å²) in [6, 6.07) is 5.37. The highest BCUT2D eigenvalue weighted by Gasteiger charge is 2.40. The van der Waals surface area contributed by atoms with Crippen LogP contribution < -0.4 is 5.73 Å². The molecule has 94 valence electrons. The zero-order valence-corrected chi connectivity index (χ0v) is 11.9. The highest BCUT2D eigenvalue weighted by molar-refractivity contribution is 6.31. The molecule has 2 nitrogen and oxygen atoms in total. The number of carbonyl (C=O) groups excluding carboxylic acids is 1. The number of nitrogens with two attached hydrogens (primary N) is 1. The Labute approximate surface area is 108 Å². The van der Waals surface area contributed by atoms with Crippen molar-refractivity contribution in [2.75, 3.05) is 0 Å². The lowest BCUT2D eigenvalue weighted by Gasteiger charge is -2.37. The van der Waals surface area contributed by atoms with Gasteiger partial charge in [-0.1, -0.05) is 37.6 Å². The van der Waals surface area contributed by atoms with E-state index >= 15 is 0 Å². The molecule has 1 rings (SSSR count). The largest absolute Gasteiger partial charge is 0.325 e. The summed E-state index contributed by atoms with van der Waals surface area (Å²) in [5, 5.41) is 0.612. The Hall–Kier alpha value is -0.860. The summed E-state index contributed by atoms with van der Waals surface area (Å²) in [5.74, 6) is 0.0203. The molecule has 0 saturated carbocycles. The fourth-order valence-electron chi connectivity index (χ4n) is 1.39. The Morgan fingerprint density at radius 1 is 1.24 bits per heavy atom. The van der Waals surface area contributed by atoms with Crippen molar-refractivity contribution in [3.63, 3.8) is 0 Å². The maximum Gasteiger partial charge on any atom is 0.170 e. The second kappa shape index (κ2) is 4.43. The van der Waals surface area contributed by atoms with Gasteiger partial charge in [0.05, 0.1) is 0 Å². The standard InChI is InChI=1S/C14H20ClNO/c1-9-6-7-10(8-11(9)15)12(17)13(2,3)14(4,5)16/h6-8H,16H2,1-5H3. The molecule has 0 spiro atoms. The molecule has 0 atom stereocenters. The number of Topliss-reactive ketones (excluding diaryl/α,β-unsaturated/α-hetero) is 1. The summed E-state index contributed by atoms with van der Waals surface area (Å²) in [7, 11) is 0. The molecule has 0 aliphatic heterocycles. The highest BCUT2D eigenvalue weighted by Crippen LogP contribution is 2.33. The van der Waals surface area contributed by atoms with Crippen molar-refractivity contribution in [1.82, 2.24) is 0 Å². The van der Waals surface area contributed by atoms with Crippen LogP contribution in [0.5, 0.6) is 0 Å². The zero-order chi connectivity index (χ0) is 13.4. The van der Waals surface area contributed by atoms with Gasteiger partial charge in [-0.3, -0.25) is 4.79 Å². The first-order valence-corrected chi connectivity index (χ1v) is 6.05. The number of aryl methyl sites for hydroxylation is 1. The topological polar surface area (TPSA) is 43.1 Å². The first-order valence-electron chi connectivity index (χ1n) is 5.67. The summed E-state index contributed by atoms with van der Waals surface area (Å²) in [6.45, 7) is 9.36. The molecule has 0 radical (unpaired) electrons. The molecule has 0 aliphatic carbocycles. The van der Waals surface area contributed by atoms with E-state index in [0.717, 1.165) is 5.56 Å². The highest BCUT2D eigenvalue weighted by atomic mass is 35.5. The van der Waals surface area contributed by atoms with Crippen LogP contribution in [0.15, 0.2) is 18.2 Å². The molecule has 0 aromatic heterocycles. The van der Waals surface area contributed by atoms with Crippen molar-refractivity contribution < 1.29 is 4.79 Å². The maximum absolute atomic E-state index is 12.4. The van der Waals surface area contributed by atoms with E-state index in [9.17, 15) is 4.79 Å². The van der Waals surface area contributed by atoms with Crippen molar-refractivity contribution >= 4 is 17.4 Å². The molecule has 0 fully saturated rings. The van der Waals surface area contributed by atoms with Gasteiger partial charge in [-0.15, -0.1) is 0 Å². The van der Waals surface area contributed by atoms with Gasteiger partial charge in [-0.25, -0.2) is 0 Å². The third-order valence-corrected chi connectivity index (χ3v) is 4.02. The number of hydrogen-bond donors (Lipinski definition) is 1. The second-order valence-corrected chi connectivity index (χ2v) is 6.05. The third-order valence-electron chi connectivity index (χ3n) is 3.61. The Balaban J connectivity index is 3.17. The van der Waals surface area contributed by atoms with E-state index in [2.05, 4.69) is 0 Å². The summed E-state index contributed by atoms with van der Waals surface area (Å²) < 4.78 is 0. The van der Waals surface area contributed by atoms with Crippen LogP contribution in [-0.2, 0) is 0 Å². The number of benzene rings is 1. The minimum atomic E-state index is -0.633. The fraction of sp³-hybridized carbons (Fsp3) is 0.500. The maximum atomic E-state index is 12.4. The normalized spacial score (nSPS) is 12.6. The van der Waals surface area contributed by atoms with Gasteiger partial charge in [0.15, 0.2) is 5.78 Å². The van der Waals surface area contributed by atoms with E-state index < -0.39 is 11.0 Å². The van der Waals surface area contributed by atoms with E-state index in [1.54, 1.807) is 12.1 Å². The molecule has 1 aromatic carbocycles. The lowest BCUT2D eigenvalue weighted by atomic mass is 9.70. The third kappa shape index (κ3) is 2.70. The minimum absolute atomic E-state index is 0.0203. The predicted molar refractivity (Wildman–Crippen MR) is 72.6 cm³/mol. The lowest BCUT2D eigenvalue weighted by Crippen LogP contribution is -2.51. The van der Waals surface area contributed by atoms with Crippen LogP contribution in [0.25, 0.3) is 0 Å². The lowest BCUT2D eigenvalue weighted by molar-refractivity contribution is 0.0735. The Morgan fingerprint density at radius 3 is 2.18 bits per heavy atom. The van der Waals surface area contributed by atoms with Crippen LogP contribution in [0.1, 0.15) is 43.6 Å². The van der Waals surface area contributed by atoms with Gasteiger partial charge in [0, 0.05) is 21.5 Å². The van der Waals surface area contributed by atoms with Crippen LogP contribution in [0.4, 0.5) is 0 Å². The van der Waals surface area contributed by atoms with Gasteiger partial charge in [-0.2, -0.15) is 0 Å². The Morgan fingerprint density at radius 2 is 1.76 bits per heavy atom. The molecular formula is C14H20ClNO. The molecule has 0 heterocycles. The van der Waals surface area contributed by atoms with Gasteiger partial charge < -0.3 is 5.73 Å². The summed E-state index contributed by atoms with van der Waals surface area (Å²) in [4.78, 5) is 12.4. The van der Waals surface area contributed by atoms with Crippen LogP contribution in [0.3, 0.4) is 0 Å². The summed E-state index contributed by atoms with van der Waals surface area (Å²) in [5.41, 5.74) is 6.43. The quantitative estimate of drug-likeness (QED) is 0.837. The summed E-state index contributed by atoms with van der Waals surface area (Å²) in [6.07, 6.45) is 0. The van der Waals surface area contributed by atoms with Gasteiger partial charge in [0.1, 0.15) is 0 Å². The van der Waals surface area contributed by atoms with Gasteiger partial charge in [0.25, 0.3) is 0 Å². The molecule has 17 heavy (non-hydrogen) atoms. The second-order valence-electron chi connectivity index (χ2n) is 5.64. The van der Waals surface area contributed by atoms with Crippen LogP contribution >= 0.6 is 11.6 Å². The van der Waals surface area contributed by atoms with Crippen LogP contribution in [0.2, 0.25) is 5.02 Å². The van der Waals surface area contributed by atoms with Crippen LogP contribution in [0, 0.1) is 12.3 Å². The molecular weight excluding hydrogens is 234 g/mol. The molecule has 0 aliphatic rings. The van der Waals surface area contributed by atoms with Crippen molar-refractivity contribution in [2.24, 2.45) is 11.1 Å². The van der Waals surface area contributed by atoms with Crippen molar-refractivity contribution in [2.45, 2.75) is 40.2 Å². The predicted octanol–water partition coefficient (Wildman–Crippen LogP) is 3.59. The first-order chi connectivity index (χ1) is 7.57. The number of hydrogen-bond acceptors (Lipinski definition) is 2. The molecule has 0 unspecified atom stereocenters. The van der Waals surface area contributed by atoms with Crippen molar-refractivity contribution in [1.29, 1.82) is 0 Å². The molecule has 0 saturated heterocycles. The van der Waals surface area contributed by atoms with Gasteiger partial charge in [-0.05, 0) is 32.4 Å². The SMILES string of the molecule is Cc1ccc(C(=O)C(C)(C)C(C)(C)N)cc1Cl. The average Bonchev–Trinajstić information content (AvgIpc) is 2.19. The number of halogens is 1. The monoisotopic (exact) mass is 253 g/mol. The minimum Gasteiger partial charge on any atom is -0.325 e. The van der Waals surface area contributed by atoms with Gasteiger partial charge >= 0.3 is 0 Å². The zero-order valence-electron chi connectivity index (χ0n) is 11.1. The average molecular weight is 254 g/mol. The number of carbonyl (C=O) groups is 1. The van der Waals surface area contributed by atoms with E-state index in [4.69, 9.17) is 17.3 Å². The van der Waals surface area contributed by atoms with E-state index in [1.807, 2.05) is 40.7 Å². The Kier molecular flexibility index (Phi) is 3.70. The number of ketones is 1.